The summed E-state index contributed by atoms with van der Waals surface area (Å²) < 4.78 is 16.9. The van der Waals surface area contributed by atoms with Crippen LogP contribution in [0.2, 0.25) is 0 Å². The number of ether oxygens (including phenoxy) is 3. The lowest BCUT2D eigenvalue weighted by molar-refractivity contribution is -0.136. The highest BCUT2D eigenvalue weighted by molar-refractivity contribution is 7.13. The highest BCUT2D eigenvalue weighted by atomic mass is 32.1. The Hall–Kier alpha value is -2.91. The number of nitrogens with one attached hydrogen (secondary N) is 1. The van der Waals surface area contributed by atoms with E-state index in [-0.39, 0.29) is 24.7 Å². The van der Waals surface area contributed by atoms with Gasteiger partial charge in [-0.2, -0.15) is 0 Å². The summed E-state index contributed by atoms with van der Waals surface area (Å²) in [6.45, 7) is 1.07. The van der Waals surface area contributed by atoms with Crippen molar-refractivity contribution in [3.05, 3.63) is 47.5 Å². The molecule has 2 unspecified atom stereocenters. The zero-order chi connectivity index (χ0) is 19.6. The van der Waals surface area contributed by atoms with Crippen LogP contribution >= 0.6 is 11.3 Å². The van der Waals surface area contributed by atoms with Gasteiger partial charge >= 0.3 is 0 Å². The maximum Gasteiger partial charge on any atom is 0.233 e. The maximum atomic E-state index is 13.3. The van der Waals surface area contributed by atoms with E-state index in [4.69, 9.17) is 14.2 Å². The van der Waals surface area contributed by atoms with Gasteiger partial charge in [0, 0.05) is 18.1 Å². The van der Waals surface area contributed by atoms with Gasteiger partial charge in [-0.3, -0.25) is 9.59 Å². The summed E-state index contributed by atoms with van der Waals surface area (Å²) in [6, 6.07) is 5.67. The van der Waals surface area contributed by atoms with Gasteiger partial charge < -0.3 is 24.4 Å². The van der Waals surface area contributed by atoms with Crippen LogP contribution in [0.3, 0.4) is 0 Å². The molecule has 29 heavy (non-hydrogen) atoms. The minimum Gasteiger partial charge on any atom is -0.454 e. The Morgan fingerprint density at radius 3 is 3.10 bits per heavy atom. The fourth-order valence-corrected chi connectivity index (χ4v) is 5.28. The number of hydrogen-bond donors (Lipinski definition) is 1. The SMILES string of the molecule is O=C(Nc1nccs1)C1C2C(=O)N(Cc3ccc4c(c3)OCO4)C[C@]23C=C[C@H]1O3. The lowest BCUT2D eigenvalue weighted by Crippen LogP contribution is -2.41. The lowest BCUT2D eigenvalue weighted by atomic mass is 9.77. The first-order chi connectivity index (χ1) is 14.1. The van der Waals surface area contributed by atoms with E-state index in [0.29, 0.717) is 29.7 Å². The molecule has 6 rings (SSSR count). The number of amides is 2. The minimum atomic E-state index is -0.733. The third kappa shape index (κ3) is 2.50. The molecule has 8 nitrogen and oxygen atoms in total. The van der Waals surface area contributed by atoms with E-state index in [0.717, 1.165) is 5.56 Å². The molecule has 4 aliphatic heterocycles. The summed E-state index contributed by atoms with van der Waals surface area (Å²) in [5.41, 5.74) is 0.212. The Labute approximate surface area is 170 Å². The molecule has 148 valence electrons. The summed E-state index contributed by atoms with van der Waals surface area (Å²) in [7, 11) is 0. The molecule has 1 aromatic carbocycles. The number of carbonyl (C=O) groups is 2. The summed E-state index contributed by atoms with van der Waals surface area (Å²) in [5.74, 6) is 0.0314. The fraction of sp³-hybridized carbons (Fsp3) is 0.350. The fourth-order valence-electron chi connectivity index (χ4n) is 4.75. The number of aromatic nitrogens is 1. The maximum absolute atomic E-state index is 13.3. The molecular formula is C20H17N3O5S. The average molecular weight is 411 g/mol. The average Bonchev–Trinajstić information content (AvgIpc) is 3.50. The molecule has 2 bridgehead atoms. The highest BCUT2D eigenvalue weighted by Crippen LogP contribution is 2.52. The van der Waals surface area contributed by atoms with Gasteiger partial charge in [-0.25, -0.2) is 4.98 Å². The number of anilines is 1. The van der Waals surface area contributed by atoms with E-state index in [1.165, 1.54) is 11.3 Å². The van der Waals surface area contributed by atoms with Crippen LogP contribution in [0.4, 0.5) is 5.13 Å². The molecule has 4 atom stereocenters. The molecule has 0 aliphatic carbocycles. The van der Waals surface area contributed by atoms with Crippen LogP contribution in [-0.2, 0) is 20.9 Å². The molecular weight excluding hydrogens is 394 g/mol. The molecule has 1 N–H and O–H groups in total. The van der Waals surface area contributed by atoms with Crippen molar-refractivity contribution in [1.29, 1.82) is 0 Å². The van der Waals surface area contributed by atoms with Gasteiger partial charge in [-0.05, 0) is 17.7 Å². The van der Waals surface area contributed by atoms with Gasteiger partial charge in [0.1, 0.15) is 5.60 Å². The largest absolute Gasteiger partial charge is 0.454 e. The first kappa shape index (κ1) is 17.0. The smallest absolute Gasteiger partial charge is 0.233 e. The number of carbonyl (C=O) groups excluding carboxylic acids is 2. The zero-order valence-corrected chi connectivity index (χ0v) is 16.1. The van der Waals surface area contributed by atoms with E-state index in [1.54, 1.807) is 16.5 Å². The van der Waals surface area contributed by atoms with Crippen LogP contribution in [0, 0.1) is 11.8 Å². The third-order valence-electron chi connectivity index (χ3n) is 5.95. The van der Waals surface area contributed by atoms with Crippen molar-refractivity contribution in [1.82, 2.24) is 9.88 Å². The predicted octanol–water partition coefficient (Wildman–Crippen LogP) is 1.79. The zero-order valence-electron chi connectivity index (χ0n) is 15.2. The second-order valence-corrected chi connectivity index (χ2v) is 8.50. The van der Waals surface area contributed by atoms with Gasteiger partial charge in [0.15, 0.2) is 16.6 Å². The van der Waals surface area contributed by atoms with Crippen molar-refractivity contribution < 1.29 is 23.8 Å². The summed E-state index contributed by atoms with van der Waals surface area (Å²) in [5, 5.41) is 5.14. The van der Waals surface area contributed by atoms with Gasteiger partial charge in [0.25, 0.3) is 0 Å². The van der Waals surface area contributed by atoms with Crippen LogP contribution in [-0.4, -0.2) is 46.7 Å². The molecule has 0 radical (unpaired) electrons. The Kier molecular flexibility index (Phi) is 3.54. The molecule has 2 amide bonds. The molecule has 1 aromatic heterocycles. The van der Waals surface area contributed by atoms with Crippen molar-refractivity contribution in [2.45, 2.75) is 18.2 Å². The highest BCUT2D eigenvalue weighted by Gasteiger charge is 2.66. The molecule has 2 saturated heterocycles. The van der Waals surface area contributed by atoms with Gasteiger partial charge in [0.2, 0.25) is 18.6 Å². The van der Waals surface area contributed by atoms with E-state index < -0.39 is 17.4 Å². The van der Waals surface area contributed by atoms with Crippen LogP contribution in [0.15, 0.2) is 41.9 Å². The minimum absolute atomic E-state index is 0.0613. The lowest BCUT2D eigenvalue weighted by Gasteiger charge is -2.23. The van der Waals surface area contributed by atoms with Crippen LogP contribution < -0.4 is 14.8 Å². The normalized spacial score (nSPS) is 30.8. The van der Waals surface area contributed by atoms with Crippen molar-refractivity contribution in [2.75, 3.05) is 18.7 Å². The van der Waals surface area contributed by atoms with Crippen molar-refractivity contribution >= 4 is 28.3 Å². The van der Waals surface area contributed by atoms with E-state index in [1.807, 2.05) is 30.4 Å². The second kappa shape index (κ2) is 6.04. The number of nitrogens with zero attached hydrogens (tertiary/aromatic N) is 2. The number of benzene rings is 1. The molecule has 0 saturated carbocycles. The number of likely N-dealkylation sites (tertiary alicyclic amines) is 1. The molecule has 2 fully saturated rings. The Balaban J connectivity index is 1.25. The van der Waals surface area contributed by atoms with Crippen molar-refractivity contribution in [3.8, 4) is 11.5 Å². The number of rotatable bonds is 4. The monoisotopic (exact) mass is 411 g/mol. The second-order valence-electron chi connectivity index (χ2n) is 7.61. The molecule has 2 aromatic rings. The Morgan fingerprint density at radius 1 is 1.34 bits per heavy atom. The van der Waals surface area contributed by atoms with E-state index in [9.17, 15) is 9.59 Å². The summed E-state index contributed by atoms with van der Waals surface area (Å²) in [4.78, 5) is 32.1. The van der Waals surface area contributed by atoms with Gasteiger partial charge in [-0.15, -0.1) is 11.3 Å². The first-order valence-electron chi connectivity index (χ1n) is 9.38. The Bertz CT molecular complexity index is 1040. The Morgan fingerprint density at radius 2 is 2.24 bits per heavy atom. The molecule has 4 aliphatic rings. The first-order valence-corrected chi connectivity index (χ1v) is 10.3. The van der Waals surface area contributed by atoms with Crippen LogP contribution in [0.1, 0.15) is 5.56 Å². The van der Waals surface area contributed by atoms with Crippen molar-refractivity contribution in [2.24, 2.45) is 11.8 Å². The molecule has 5 heterocycles. The van der Waals surface area contributed by atoms with Crippen LogP contribution in [0.5, 0.6) is 11.5 Å². The number of hydrogen-bond acceptors (Lipinski definition) is 7. The van der Waals surface area contributed by atoms with Gasteiger partial charge in [0.05, 0.1) is 24.5 Å². The van der Waals surface area contributed by atoms with E-state index >= 15 is 0 Å². The van der Waals surface area contributed by atoms with E-state index in [2.05, 4.69) is 10.3 Å². The third-order valence-corrected chi connectivity index (χ3v) is 6.64. The molecule has 1 spiro atoms. The quantitative estimate of drug-likeness (QED) is 0.772. The topological polar surface area (TPSA) is 90.0 Å². The van der Waals surface area contributed by atoms with Crippen molar-refractivity contribution in [3.63, 3.8) is 0 Å². The predicted molar refractivity (Wildman–Crippen MR) is 102 cm³/mol. The van der Waals surface area contributed by atoms with Gasteiger partial charge in [-0.1, -0.05) is 18.2 Å². The number of fused-ring (bicyclic) bond motifs is 2. The number of thiazole rings is 1. The van der Waals surface area contributed by atoms with Crippen LogP contribution in [0.25, 0.3) is 0 Å². The molecule has 9 heteroatoms. The standard InChI is InChI=1S/C20H17N3O5S/c24-17(22-19-21-5-6-29-19)15-13-3-4-20(28-13)9-23(18(25)16(15)20)8-11-1-2-12-14(7-11)27-10-26-12/h1-7,13,15-16H,8-10H2,(H,21,22,24)/t13-,15?,16?,20-/m1/s1. The summed E-state index contributed by atoms with van der Waals surface area (Å²) in [6.07, 6.45) is 5.11. The summed E-state index contributed by atoms with van der Waals surface area (Å²) >= 11 is 1.35.